The van der Waals surface area contributed by atoms with Crippen LogP contribution in [0.1, 0.15) is 24.7 Å². The molecule has 0 unspecified atom stereocenters. The van der Waals surface area contributed by atoms with Gasteiger partial charge in [-0.3, -0.25) is 9.78 Å². The molecule has 7 nitrogen and oxygen atoms in total. The standard InChI is InChI=1S/C17H16N6O/c24-15-11-13(12-4-8-18-9-5-12)21-16(22-15)14-3-1-10-23(14)17-19-6-2-7-20-17/h2,4-9,11,14H,1,3,10H2,(H,21,22,24)/t14-/m0/s1. The first kappa shape index (κ1) is 14.5. The zero-order chi connectivity index (χ0) is 16.4. The highest BCUT2D eigenvalue weighted by molar-refractivity contribution is 5.57. The molecule has 1 aliphatic rings. The van der Waals surface area contributed by atoms with Crippen molar-refractivity contribution < 1.29 is 0 Å². The lowest BCUT2D eigenvalue weighted by atomic mass is 10.1. The van der Waals surface area contributed by atoms with Crippen molar-refractivity contribution in [2.45, 2.75) is 18.9 Å². The summed E-state index contributed by atoms with van der Waals surface area (Å²) >= 11 is 0. The summed E-state index contributed by atoms with van der Waals surface area (Å²) < 4.78 is 0. The van der Waals surface area contributed by atoms with Crippen LogP contribution in [0, 0.1) is 0 Å². The Morgan fingerprint density at radius 1 is 1.12 bits per heavy atom. The summed E-state index contributed by atoms with van der Waals surface area (Å²) in [6, 6.07) is 6.97. The Balaban J connectivity index is 1.74. The molecular formula is C17H16N6O. The third-order valence-corrected chi connectivity index (χ3v) is 4.11. The number of nitrogens with zero attached hydrogens (tertiary/aromatic N) is 5. The molecule has 3 aromatic heterocycles. The highest BCUT2D eigenvalue weighted by Crippen LogP contribution is 2.32. The minimum absolute atomic E-state index is 0.0260. The highest BCUT2D eigenvalue weighted by atomic mass is 16.1. The van der Waals surface area contributed by atoms with Gasteiger partial charge in [0.05, 0.1) is 11.7 Å². The smallest absolute Gasteiger partial charge is 0.251 e. The van der Waals surface area contributed by atoms with Gasteiger partial charge in [0.15, 0.2) is 0 Å². The van der Waals surface area contributed by atoms with Gasteiger partial charge in [0.25, 0.3) is 5.56 Å². The molecule has 4 heterocycles. The van der Waals surface area contributed by atoms with E-state index in [0.29, 0.717) is 17.5 Å². The topological polar surface area (TPSA) is 87.7 Å². The number of hydrogen-bond donors (Lipinski definition) is 1. The number of anilines is 1. The third-order valence-electron chi connectivity index (χ3n) is 4.11. The Kier molecular flexibility index (Phi) is 3.74. The molecule has 1 fully saturated rings. The Labute approximate surface area is 138 Å². The molecule has 1 saturated heterocycles. The number of H-pyrrole nitrogens is 1. The van der Waals surface area contributed by atoms with Crippen molar-refractivity contribution in [2.24, 2.45) is 0 Å². The molecule has 1 aliphatic heterocycles. The Hall–Kier alpha value is -3.09. The van der Waals surface area contributed by atoms with Crippen LogP contribution in [0.5, 0.6) is 0 Å². The van der Waals surface area contributed by atoms with Crippen LogP contribution in [0.4, 0.5) is 5.95 Å². The van der Waals surface area contributed by atoms with Crippen molar-refractivity contribution in [3.8, 4) is 11.3 Å². The highest BCUT2D eigenvalue weighted by Gasteiger charge is 2.30. The first-order valence-corrected chi connectivity index (χ1v) is 7.86. The van der Waals surface area contributed by atoms with Gasteiger partial charge >= 0.3 is 0 Å². The maximum Gasteiger partial charge on any atom is 0.251 e. The third kappa shape index (κ3) is 2.76. The minimum Gasteiger partial charge on any atom is -0.331 e. The van der Waals surface area contributed by atoms with Crippen LogP contribution in [0.2, 0.25) is 0 Å². The van der Waals surface area contributed by atoms with Gasteiger partial charge in [-0.05, 0) is 31.0 Å². The van der Waals surface area contributed by atoms with E-state index >= 15 is 0 Å². The van der Waals surface area contributed by atoms with Crippen LogP contribution in [0.3, 0.4) is 0 Å². The zero-order valence-electron chi connectivity index (χ0n) is 13.0. The van der Waals surface area contributed by atoms with E-state index in [9.17, 15) is 4.79 Å². The summed E-state index contributed by atoms with van der Waals surface area (Å²) in [6.07, 6.45) is 8.74. The summed E-state index contributed by atoms with van der Waals surface area (Å²) in [6.45, 7) is 0.845. The average Bonchev–Trinajstić information content (AvgIpc) is 3.12. The van der Waals surface area contributed by atoms with Crippen molar-refractivity contribution in [1.29, 1.82) is 0 Å². The molecule has 0 saturated carbocycles. The lowest BCUT2D eigenvalue weighted by Crippen LogP contribution is -2.27. The maximum absolute atomic E-state index is 12.1. The second kappa shape index (κ2) is 6.19. The van der Waals surface area contributed by atoms with E-state index in [2.05, 4.69) is 29.8 Å². The molecule has 3 aromatic rings. The van der Waals surface area contributed by atoms with E-state index in [0.717, 1.165) is 24.9 Å². The zero-order valence-corrected chi connectivity index (χ0v) is 13.0. The lowest BCUT2D eigenvalue weighted by molar-refractivity contribution is 0.651. The predicted molar refractivity (Wildman–Crippen MR) is 89.4 cm³/mol. The van der Waals surface area contributed by atoms with Crippen molar-refractivity contribution in [1.82, 2.24) is 24.9 Å². The fraction of sp³-hybridized carbons (Fsp3) is 0.235. The average molecular weight is 320 g/mol. The fourth-order valence-electron chi connectivity index (χ4n) is 3.03. The number of hydrogen-bond acceptors (Lipinski definition) is 6. The molecule has 0 aromatic carbocycles. The number of pyridine rings is 1. The first-order valence-electron chi connectivity index (χ1n) is 7.86. The van der Waals surface area contributed by atoms with Crippen molar-refractivity contribution in [2.75, 3.05) is 11.4 Å². The van der Waals surface area contributed by atoms with E-state index < -0.39 is 0 Å². The van der Waals surface area contributed by atoms with Crippen LogP contribution in [-0.2, 0) is 0 Å². The molecule has 24 heavy (non-hydrogen) atoms. The van der Waals surface area contributed by atoms with Gasteiger partial charge in [0.1, 0.15) is 5.82 Å². The van der Waals surface area contributed by atoms with Crippen LogP contribution in [-0.4, -0.2) is 31.5 Å². The SMILES string of the molecule is O=c1cc(-c2ccncc2)nc([C@@H]2CCCN2c2ncccn2)[nH]1. The quantitative estimate of drug-likeness (QED) is 0.794. The largest absolute Gasteiger partial charge is 0.331 e. The predicted octanol–water partition coefficient (Wildman–Crippen LogP) is 1.96. The van der Waals surface area contributed by atoms with Crippen LogP contribution in [0.25, 0.3) is 11.3 Å². The monoisotopic (exact) mass is 320 g/mol. The van der Waals surface area contributed by atoms with Gasteiger partial charge in [0.2, 0.25) is 5.95 Å². The maximum atomic E-state index is 12.1. The van der Waals surface area contributed by atoms with Gasteiger partial charge in [-0.2, -0.15) is 0 Å². The molecule has 1 atom stereocenters. The normalized spacial score (nSPS) is 17.2. The lowest BCUT2D eigenvalue weighted by Gasteiger charge is -2.23. The van der Waals surface area contributed by atoms with Gasteiger partial charge in [-0.15, -0.1) is 0 Å². The second-order valence-corrected chi connectivity index (χ2v) is 5.65. The molecule has 0 bridgehead atoms. The number of aromatic amines is 1. The number of nitrogens with one attached hydrogen (secondary N) is 1. The van der Waals surface area contributed by atoms with Crippen molar-refractivity contribution in [3.63, 3.8) is 0 Å². The summed E-state index contributed by atoms with van der Waals surface area (Å²) in [5.74, 6) is 1.32. The Bertz CT molecular complexity index is 880. The van der Waals surface area contributed by atoms with E-state index in [4.69, 9.17) is 0 Å². The van der Waals surface area contributed by atoms with Crippen molar-refractivity contribution >= 4 is 5.95 Å². The van der Waals surface area contributed by atoms with Crippen LogP contribution >= 0.6 is 0 Å². The second-order valence-electron chi connectivity index (χ2n) is 5.65. The van der Waals surface area contributed by atoms with E-state index in [1.165, 1.54) is 6.07 Å². The minimum atomic E-state index is -0.160. The van der Waals surface area contributed by atoms with Crippen LogP contribution < -0.4 is 10.5 Å². The summed E-state index contributed by atoms with van der Waals surface area (Å²) in [5, 5.41) is 0. The summed E-state index contributed by atoms with van der Waals surface area (Å²) in [7, 11) is 0. The molecule has 7 heteroatoms. The van der Waals surface area contributed by atoms with E-state index in [1.807, 2.05) is 12.1 Å². The van der Waals surface area contributed by atoms with Gasteiger partial charge < -0.3 is 9.88 Å². The molecular weight excluding hydrogens is 304 g/mol. The van der Waals surface area contributed by atoms with Gasteiger partial charge in [-0.1, -0.05) is 0 Å². The summed E-state index contributed by atoms with van der Waals surface area (Å²) in [5.41, 5.74) is 1.36. The molecule has 0 spiro atoms. The molecule has 4 rings (SSSR count). The van der Waals surface area contributed by atoms with Crippen LogP contribution in [0.15, 0.2) is 53.8 Å². The number of aromatic nitrogens is 5. The van der Waals surface area contributed by atoms with E-state index in [1.54, 1.807) is 30.9 Å². The molecule has 1 N–H and O–H groups in total. The Morgan fingerprint density at radius 2 is 1.92 bits per heavy atom. The molecule has 0 amide bonds. The molecule has 0 radical (unpaired) electrons. The Morgan fingerprint density at radius 3 is 2.71 bits per heavy atom. The number of rotatable bonds is 3. The van der Waals surface area contributed by atoms with Gasteiger partial charge in [0, 0.05) is 43.0 Å². The summed E-state index contributed by atoms with van der Waals surface area (Å²) in [4.78, 5) is 34.4. The first-order chi connectivity index (χ1) is 11.8. The van der Waals surface area contributed by atoms with Crippen molar-refractivity contribution in [3.05, 3.63) is 65.2 Å². The fourth-order valence-corrected chi connectivity index (χ4v) is 3.03. The molecule has 120 valence electrons. The van der Waals surface area contributed by atoms with Gasteiger partial charge in [-0.25, -0.2) is 15.0 Å². The van der Waals surface area contributed by atoms with E-state index in [-0.39, 0.29) is 11.6 Å². The molecule has 0 aliphatic carbocycles.